The van der Waals surface area contributed by atoms with Gasteiger partial charge in [-0.05, 0) is 120 Å². The Morgan fingerprint density at radius 1 is 0.265 bits per heavy atom. The average Bonchev–Trinajstić information content (AvgIpc) is 1.55. The number of carboxylic acids is 3. The summed E-state index contributed by atoms with van der Waals surface area (Å²) in [5, 5.41) is 32.7. The van der Waals surface area contributed by atoms with Gasteiger partial charge in [-0.2, -0.15) is 0 Å². The lowest BCUT2D eigenvalue weighted by atomic mass is 10.2. The summed E-state index contributed by atoms with van der Waals surface area (Å²) >= 11 is 0. The number of carbonyl (C=O) groups is 23. The molecule has 0 bridgehead atoms. The summed E-state index contributed by atoms with van der Waals surface area (Å²) in [6, 6.07) is 0. The van der Waals surface area contributed by atoms with Gasteiger partial charge in [0.05, 0.1) is 20.8 Å². The van der Waals surface area contributed by atoms with Gasteiger partial charge in [0.2, 0.25) is 70.9 Å². The van der Waals surface area contributed by atoms with Gasteiger partial charge in [0, 0.05) is 202 Å². The molecule has 6 N–H and O–H groups in total. The molecule has 9 rings (SSSR count). The van der Waals surface area contributed by atoms with Crippen LogP contribution in [0.1, 0.15) is 184 Å². The van der Waals surface area contributed by atoms with Crippen LogP contribution in [0.25, 0.3) is 0 Å². The van der Waals surface area contributed by atoms with E-state index in [1.54, 1.807) is 75.0 Å². The van der Waals surface area contributed by atoms with Crippen molar-refractivity contribution in [2.24, 2.45) is 0 Å². The summed E-state index contributed by atoms with van der Waals surface area (Å²) in [7, 11) is 2.44. The van der Waals surface area contributed by atoms with E-state index in [1.807, 2.05) is 0 Å². The Bertz CT molecular complexity index is 4000. The monoisotopic (exact) mass is 1860 g/mol. The van der Waals surface area contributed by atoms with Gasteiger partial charge in [-0.15, -0.1) is 0 Å². The maximum atomic E-state index is 11.8. The third-order valence-corrected chi connectivity index (χ3v) is 20.2. The molecule has 9 aliphatic rings. The van der Waals surface area contributed by atoms with Crippen LogP contribution in [0.4, 0.5) is 0 Å². The number of esters is 8. The number of likely N-dealkylation sites (tertiary alicyclic amines) is 9. The highest BCUT2D eigenvalue weighted by Crippen LogP contribution is 2.21. The third kappa shape index (κ3) is 43.9. The standard InChI is InChI=1S/C16H23N3O5.C16H22N2O6.C12H17NO5.C11H16N2O4.C11H15NO5.C10H14N2O4.C10H13NO5/c1-11(18-9-3-5-14(18)21)17-13(20)7-8-16(23)24-12(2)19-10-4-6-15(19)22;1-11(17-9-3-5-13(17)19)23-15(21)7-8-16(22)24-12(2)18-10-4-6-14(18)20;14-10-4-2-1-3-7-13(10)8-9-18-12(17)6-5-11(15)16;1-8(13-7-3-4-10(13)15)12-9(14)5-6-11(16)17-2;1-8(12-7-3-4-9(12)13)17-11(15)6-5-10(14)16-2;1-7(12-6-2-3-9(12)14)11-8(13)4-5-10(15)16;1-7(11-6-2-3-8(11)12)16-10(15)5-4-9(13)14/h7-8,11-12H,3-6,9-10H2,1-2H3,(H,17,20);7-8,11-12H,3-6,9-10H2,1-2H3;5-6H,1-4,7-9H2,(H,15,16);5-6,8H,3-4,7H2,1-2H3,(H,12,14);5-6,8H,3-4,7H2,1-2H3;4-5,7H,2-3,6H2,1H3,(H,11,13)(H,15,16);4-5,7H,2-3,6H2,1H3,(H,13,14). The SMILES string of the molecule is CC(NC(=O)C=CC(=O)O)N1CCCC1=O.CC(NC(=O)C=CC(=O)OC(C)N1CCCC1=O)N1CCCC1=O.CC(OC(=O)C=CC(=O)O)N1CCCC1=O.CC(OC(=O)C=CC(=O)OC(C)N1CCCC1=O)N1CCCC1=O.COC(=O)C=CC(=O)NC(C)N1CCCC1=O.COC(=O)C=CC(=O)OC(C)N1CCCC1=O.O=C(O)C=CC(=O)OCCN1CCCCCC1=O. The first-order chi connectivity index (χ1) is 62.4. The van der Waals surface area contributed by atoms with Crippen molar-refractivity contribution < 1.29 is 163 Å². The van der Waals surface area contributed by atoms with Gasteiger partial charge in [-0.1, -0.05) is 6.42 Å². The fourth-order valence-electron chi connectivity index (χ4n) is 13.6. The normalized spacial score (nSPS) is 18.5. The van der Waals surface area contributed by atoms with E-state index in [4.69, 9.17) is 43.7 Å². The summed E-state index contributed by atoms with van der Waals surface area (Å²) in [6.45, 7) is 19.1. The molecule has 0 spiro atoms. The van der Waals surface area contributed by atoms with Gasteiger partial charge in [0.1, 0.15) is 25.1 Å². The van der Waals surface area contributed by atoms with Crippen molar-refractivity contribution in [3.63, 3.8) is 0 Å². The van der Waals surface area contributed by atoms with Crippen LogP contribution in [0, 0.1) is 0 Å². The molecule has 8 unspecified atom stereocenters. The van der Waals surface area contributed by atoms with E-state index in [9.17, 15) is 110 Å². The van der Waals surface area contributed by atoms with Crippen LogP contribution in [-0.2, 0) is 148 Å². The van der Waals surface area contributed by atoms with Crippen molar-refractivity contribution in [3.05, 3.63) is 85.1 Å². The first-order valence-corrected chi connectivity index (χ1v) is 42.8. The molecule has 9 saturated heterocycles. The molecule has 46 heteroatoms. The Morgan fingerprint density at radius 2 is 0.477 bits per heavy atom. The predicted octanol–water partition coefficient (Wildman–Crippen LogP) is 1.16. The zero-order valence-corrected chi connectivity index (χ0v) is 75.6. The van der Waals surface area contributed by atoms with Crippen molar-refractivity contribution in [1.82, 2.24) is 60.0 Å². The molecule has 0 aromatic rings. The number of carbonyl (C=O) groups excluding carboxylic acids is 20. The predicted molar refractivity (Wildman–Crippen MR) is 455 cm³/mol. The smallest absolute Gasteiger partial charge is 0.332 e. The molecule has 728 valence electrons. The molecule has 9 fully saturated rings. The Kier molecular flexibility index (Phi) is 51.0. The van der Waals surface area contributed by atoms with Gasteiger partial charge in [0.25, 0.3) is 0 Å². The van der Waals surface area contributed by atoms with Crippen molar-refractivity contribution in [2.45, 2.75) is 233 Å². The van der Waals surface area contributed by atoms with Crippen molar-refractivity contribution in [2.75, 3.05) is 86.3 Å². The fraction of sp³-hybridized carbons (Fsp3) is 0.570. The molecular formula is C86H120N12O34. The summed E-state index contributed by atoms with van der Waals surface area (Å²) in [6.07, 6.45) is 21.9. The molecule has 46 nitrogen and oxygen atoms in total. The van der Waals surface area contributed by atoms with E-state index in [0.29, 0.717) is 129 Å². The van der Waals surface area contributed by atoms with Crippen molar-refractivity contribution in [3.8, 4) is 0 Å². The molecule has 12 amide bonds. The first kappa shape index (κ1) is 112. The number of nitrogens with zero attached hydrogens (tertiary/aromatic N) is 9. The van der Waals surface area contributed by atoms with Crippen molar-refractivity contribution in [1.29, 1.82) is 0 Å². The minimum Gasteiger partial charge on any atom is -0.478 e. The Morgan fingerprint density at radius 3 is 0.727 bits per heavy atom. The Labute approximate surface area is 761 Å². The number of nitrogens with one attached hydrogen (secondary N) is 3. The number of methoxy groups -OCH3 is 2. The van der Waals surface area contributed by atoms with E-state index in [1.165, 1.54) is 38.7 Å². The second-order valence-electron chi connectivity index (χ2n) is 30.0. The summed E-state index contributed by atoms with van der Waals surface area (Å²) in [5.41, 5.74) is 0. The number of rotatable bonds is 33. The second kappa shape index (κ2) is 60.0. The molecule has 0 radical (unpaired) electrons. The van der Waals surface area contributed by atoms with Crippen LogP contribution < -0.4 is 16.0 Å². The molecule has 9 aliphatic heterocycles. The quantitative estimate of drug-likeness (QED) is 0.0305. The van der Waals surface area contributed by atoms with E-state index >= 15 is 0 Å². The average molecular weight is 1870 g/mol. The van der Waals surface area contributed by atoms with Crippen LogP contribution in [0.2, 0.25) is 0 Å². The number of hydrogen-bond donors (Lipinski definition) is 6. The van der Waals surface area contributed by atoms with Crippen LogP contribution >= 0.6 is 0 Å². The van der Waals surface area contributed by atoms with Gasteiger partial charge in [0.15, 0.2) is 31.1 Å². The lowest BCUT2D eigenvalue weighted by Crippen LogP contribution is -2.46. The molecule has 0 aromatic carbocycles. The molecule has 132 heavy (non-hydrogen) atoms. The summed E-state index contributed by atoms with van der Waals surface area (Å²) in [4.78, 5) is 272. The number of ether oxygens (including phenoxy) is 8. The van der Waals surface area contributed by atoms with Gasteiger partial charge in [-0.3, -0.25) is 57.5 Å². The number of hydrogen-bond acceptors (Lipinski definition) is 31. The number of aliphatic carboxylic acids is 3. The number of carboxylic acid groups (broad SMARTS) is 3. The highest BCUT2D eigenvalue weighted by atomic mass is 16.6. The molecule has 0 saturated carbocycles. The highest BCUT2D eigenvalue weighted by Gasteiger charge is 2.34. The zero-order valence-electron chi connectivity index (χ0n) is 75.6. The Balaban J connectivity index is 0.000000399. The molecule has 0 aliphatic carbocycles. The third-order valence-electron chi connectivity index (χ3n) is 20.2. The molecular weight excluding hydrogens is 1740 g/mol. The molecule has 0 aromatic heterocycles. The number of amides is 12. The lowest BCUT2D eigenvalue weighted by molar-refractivity contribution is -0.159. The van der Waals surface area contributed by atoms with E-state index in [2.05, 4.69) is 25.4 Å². The largest absolute Gasteiger partial charge is 0.478 e. The zero-order chi connectivity index (χ0) is 98.7. The topological polar surface area (TPSA) is 592 Å². The van der Waals surface area contributed by atoms with Crippen LogP contribution in [0.5, 0.6) is 0 Å². The minimum absolute atomic E-state index is 0.00927. The maximum absolute atomic E-state index is 11.8. The Hall–Kier alpha value is -14.0. The van der Waals surface area contributed by atoms with Gasteiger partial charge in [-0.25, -0.2) is 52.7 Å². The van der Waals surface area contributed by atoms with Gasteiger partial charge < -0.3 is 113 Å². The maximum Gasteiger partial charge on any atom is 0.332 e. The summed E-state index contributed by atoms with van der Waals surface area (Å²) < 4.78 is 38.6. The molecule has 8 atom stereocenters. The van der Waals surface area contributed by atoms with Crippen molar-refractivity contribution >= 4 is 137 Å². The van der Waals surface area contributed by atoms with E-state index < -0.39 is 127 Å². The van der Waals surface area contributed by atoms with E-state index in [-0.39, 0.29) is 65.9 Å². The fourth-order valence-corrected chi connectivity index (χ4v) is 13.6. The van der Waals surface area contributed by atoms with E-state index in [0.717, 1.165) is 150 Å². The van der Waals surface area contributed by atoms with Crippen LogP contribution in [0.15, 0.2) is 85.1 Å². The van der Waals surface area contributed by atoms with Crippen LogP contribution in [0.3, 0.4) is 0 Å². The minimum atomic E-state index is -1.22. The lowest BCUT2D eigenvalue weighted by Gasteiger charge is -2.24. The second-order valence-corrected chi connectivity index (χ2v) is 30.0. The highest BCUT2D eigenvalue weighted by molar-refractivity contribution is 5.98. The molecule has 9 heterocycles. The van der Waals surface area contributed by atoms with Gasteiger partial charge >= 0.3 is 65.7 Å². The summed E-state index contributed by atoms with van der Waals surface area (Å²) in [5.74, 6) is -10.6. The first-order valence-electron chi connectivity index (χ1n) is 42.8. The van der Waals surface area contributed by atoms with Crippen LogP contribution in [-0.4, -0.2) is 332 Å².